The van der Waals surface area contributed by atoms with Crippen molar-refractivity contribution in [1.29, 1.82) is 0 Å². The number of guanidine groups is 1. The molecular weight excluding hydrogens is 417 g/mol. The number of hydrogen-bond acceptors (Lipinski definition) is 3. The van der Waals surface area contributed by atoms with Crippen LogP contribution < -0.4 is 10.6 Å². The van der Waals surface area contributed by atoms with E-state index in [-0.39, 0.29) is 36.0 Å². The lowest BCUT2D eigenvalue weighted by molar-refractivity contribution is -0.147. The van der Waals surface area contributed by atoms with Crippen LogP contribution in [0.2, 0.25) is 5.02 Å². The largest absolute Gasteiger partial charge is 0.463 e. The average molecular weight is 440 g/mol. The zero-order valence-corrected chi connectivity index (χ0v) is 16.1. The van der Waals surface area contributed by atoms with Crippen LogP contribution in [-0.2, 0) is 16.1 Å². The van der Waals surface area contributed by atoms with Gasteiger partial charge in [0.2, 0.25) is 0 Å². The van der Waals surface area contributed by atoms with E-state index in [4.69, 9.17) is 16.3 Å². The number of hydrogen-bond donors (Lipinski definition) is 2. The standard InChI is InChI=1S/C15H22ClN3O2.HI/c1-11(2)21-14(20)7-8-18-15(17-3)19-10-12-5-4-6-13(16)9-12;/h4-6,9,11H,7-8,10H2,1-3H3,(H2,17,18,19);1H. The van der Waals surface area contributed by atoms with Gasteiger partial charge < -0.3 is 15.4 Å². The fraction of sp³-hybridized carbons (Fsp3) is 0.467. The highest BCUT2D eigenvalue weighted by Gasteiger charge is 2.05. The van der Waals surface area contributed by atoms with Crippen LogP contribution in [0, 0.1) is 0 Å². The number of nitrogens with one attached hydrogen (secondary N) is 2. The molecule has 1 rings (SSSR count). The quantitative estimate of drug-likeness (QED) is 0.310. The van der Waals surface area contributed by atoms with Gasteiger partial charge in [-0.25, -0.2) is 0 Å². The molecule has 0 radical (unpaired) electrons. The van der Waals surface area contributed by atoms with Crippen molar-refractivity contribution >= 4 is 47.5 Å². The Bertz CT molecular complexity index is 495. The van der Waals surface area contributed by atoms with Crippen LogP contribution in [0.25, 0.3) is 0 Å². The van der Waals surface area contributed by atoms with Crippen molar-refractivity contribution < 1.29 is 9.53 Å². The van der Waals surface area contributed by atoms with Crippen molar-refractivity contribution in [1.82, 2.24) is 10.6 Å². The Morgan fingerprint density at radius 2 is 2.09 bits per heavy atom. The third kappa shape index (κ3) is 9.09. The Labute approximate surface area is 153 Å². The molecule has 0 amide bonds. The second kappa shape index (κ2) is 11.5. The molecule has 0 spiro atoms. The molecule has 1 aromatic carbocycles. The predicted octanol–water partition coefficient (Wildman–Crippen LogP) is 2.96. The van der Waals surface area contributed by atoms with Crippen LogP contribution in [0.15, 0.2) is 29.3 Å². The van der Waals surface area contributed by atoms with Crippen LogP contribution in [0.5, 0.6) is 0 Å². The summed E-state index contributed by atoms with van der Waals surface area (Å²) in [7, 11) is 1.68. The van der Waals surface area contributed by atoms with Gasteiger partial charge in [-0.1, -0.05) is 23.7 Å². The maximum absolute atomic E-state index is 11.4. The summed E-state index contributed by atoms with van der Waals surface area (Å²) in [4.78, 5) is 15.5. The lowest BCUT2D eigenvalue weighted by Crippen LogP contribution is -2.38. The molecule has 0 bridgehead atoms. The molecule has 7 heteroatoms. The molecule has 22 heavy (non-hydrogen) atoms. The third-order valence-electron chi connectivity index (χ3n) is 2.56. The van der Waals surface area contributed by atoms with E-state index in [0.717, 1.165) is 5.56 Å². The Morgan fingerprint density at radius 1 is 1.36 bits per heavy atom. The Morgan fingerprint density at radius 3 is 2.68 bits per heavy atom. The number of ether oxygens (including phenoxy) is 1. The highest BCUT2D eigenvalue weighted by atomic mass is 127. The van der Waals surface area contributed by atoms with Gasteiger partial charge in [-0.3, -0.25) is 9.79 Å². The number of nitrogens with zero attached hydrogens (tertiary/aromatic N) is 1. The molecule has 0 aliphatic carbocycles. The van der Waals surface area contributed by atoms with E-state index in [9.17, 15) is 4.79 Å². The summed E-state index contributed by atoms with van der Waals surface area (Å²) >= 11 is 5.93. The molecule has 0 unspecified atom stereocenters. The van der Waals surface area contributed by atoms with Crippen molar-refractivity contribution in [3.8, 4) is 0 Å². The van der Waals surface area contributed by atoms with Crippen molar-refractivity contribution in [2.24, 2.45) is 4.99 Å². The van der Waals surface area contributed by atoms with Gasteiger partial charge in [0.1, 0.15) is 0 Å². The summed E-state index contributed by atoms with van der Waals surface area (Å²) in [5.74, 6) is 0.412. The number of benzene rings is 1. The zero-order chi connectivity index (χ0) is 15.7. The Kier molecular flexibility index (Phi) is 11.0. The monoisotopic (exact) mass is 439 g/mol. The molecule has 2 N–H and O–H groups in total. The minimum Gasteiger partial charge on any atom is -0.463 e. The molecular formula is C15H23ClIN3O2. The fourth-order valence-electron chi connectivity index (χ4n) is 1.66. The van der Waals surface area contributed by atoms with Crippen LogP contribution in [0.4, 0.5) is 0 Å². The molecule has 0 atom stereocenters. The number of aliphatic imine (C=N–C) groups is 1. The summed E-state index contributed by atoms with van der Waals surface area (Å²) in [6.07, 6.45) is 0.216. The Balaban J connectivity index is 0.00000441. The normalized spacial score (nSPS) is 10.9. The molecule has 0 aliphatic rings. The second-order valence-electron chi connectivity index (χ2n) is 4.77. The van der Waals surface area contributed by atoms with Crippen molar-refractivity contribution in [2.75, 3.05) is 13.6 Å². The number of rotatable bonds is 6. The van der Waals surface area contributed by atoms with Crippen LogP contribution in [0.3, 0.4) is 0 Å². The molecule has 5 nitrogen and oxygen atoms in total. The molecule has 0 saturated carbocycles. The smallest absolute Gasteiger partial charge is 0.307 e. The molecule has 1 aromatic rings. The first-order valence-corrected chi connectivity index (χ1v) is 7.27. The molecule has 0 saturated heterocycles. The highest BCUT2D eigenvalue weighted by Crippen LogP contribution is 2.10. The molecule has 0 fully saturated rings. The van der Waals surface area contributed by atoms with E-state index in [1.165, 1.54) is 0 Å². The Hall–Kier alpha value is -1.02. The summed E-state index contributed by atoms with van der Waals surface area (Å²) in [5.41, 5.74) is 1.06. The van der Waals surface area contributed by atoms with E-state index in [0.29, 0.717) is 30.5 Å². The maximum atomic E-state index is 11.4. The lowest BCUT2D eigenvalue weighted by Gasteiger charge is -2.12. The van der Waals surface area contributed by atoms with E-state index < -0.39 is 0 Å². The number of esters is 1. The van der Waals surface area contributed by atoms with Gasteiger partial charge in [0.25, 0.3) is 0 Å². The summed E-state index contributed by atoms with van der Waals surface area (Å²) in [5, 5.41) is 6.92. The van der Waals surface area contributed by atoms with E-state index >= 15 is 0 Å². The zero-order valence-electron chi connectivity index (χ0n) is 13.1. The molecule has 124 valence electrons. The number of carbonyl (C=O) groups is 1. The van der Waals surface area contributed by atoms with Crippen LogP contribution in [-0.4, -0.2) is 31.6 Å². The lowest BCUT2D eigenvalue weighted by atomic mass is 10.2. The fourth-order valence-corrected chi connectivity index (χ4v) is 1.87. The molecule has 0 aliphatic heterocycles. The van der Waals surface area contributed by atoms with E-state index in [1.54, 1.807) is 7.05 Å². The van der Waals surface area contributed by atoms with Crippen LogP contribution >= 0.6 is 35.6 Å². The van der Waals surface area contributed by atoms with E-state index in [1.807, 2.05) is 38.1 Å². The topological polar surface area (TPSA) is 62.7 Å². The third-order valence-corrected chi connectivity index (χ3v) is 2.80. The first kappa shape index (κ1) is 21.0. The van der Waals surface area contributed by atoms with Gasteiger partial charge in [0.15, 0.2) is 5.96 Å². The highest BCUT2D eigenvalue weighted by molar-refractivity contribution is 14.0. The number of carbonyl (C=O) groups excluding carboxylic acids is 1. The first-order valence-electron chi connectivity index (χ1n) is 6.89. The average Bonchev–Trinajstić information content (AvgIpc) is 2.41. The van der Waals surface area contributed by atoms with Gasteiger partial charge >= 0.3 is 5.97 Å². The second-order valence-corrected chi connectivity index (χ2v) is 5.21. The summed E-state index contributed by atoms with van der Waals surface area (Å²) in [6.45, 7) is 4.74. The maximum Gasteiger partial charge on any atom is 0.307 e. The minimum absolute atomic E-state index is 0. The van der Waals surface area contributed by atoms with Gasteiger partial charge in [-0.05, 0) is 31.5 Å². The molecule has 0 aromatic heterocycles. The van der Waals surface area contributed by atoms with Crippen LogP contribution in [0.1, 0.15) is 25.8 Å². The van der Waals surface area contributed by atoms with Gasteiger partial charge in [0, 0.05) is 25.2 Å². The summed E-state index contributed by atoms with van der Waals surface area (Å²) < 4.78 is 5.05. The van der Waals surface area contributed by atoms with Gasteiger partial charge in [-0.2, -0.15) is 0 Å². The van der Waals surface area contributed by atoms with Crippen molar-refractivity contribution in [3.63, 3.8) is 0 Å². The molecule has 0 heterocycles. The van der Waals surface area contributed by atoms with Gasteiger partial charge in [-0.15, -0.1) is 24.0 Å². The van der Waals surface area contributed by atoms with Crippen molar-refractivity contribution in [2.45, 2.75) is 32.9 Å². The SMILES string of the molecule is CN=C(NCCC(=O)OC(C)C)NCc1cccc(Cl)c1.I. The minimum atomic E-state index is -0.220. The van der Waals surface area contributed by atoms with Crippen molar-refractivity contribution in [3.05, 3.63) is 34.9 Å². The number of halogens is 2. The van der Waals surface area contributed by atoms with E-state index in [2.05, 4.69) is 15.6 Å². The van der Waals surface area contributed by atoms with Gasteiger partial charge in [0.05, 0.1) is 12.5 Å². The first-order chi connectivity index (χ1) is 10.0. The predicted molar refractivity (Wildman–Crippen MR) is 101 cm³/mol. The summed E-state index contributed by atoms with van der Waals surface area (Å²) in [6, 6.07) is 7.60.